The van der Waals surface area contributed by atoms with Gasteiger partial charge in [-0.15, -0.1) is 0 Å². The van der Waals surface area contributed by atoms with Crippen LogP contribution < -0.4 is 5.56 Å². The molecule has 0 aliphatic heterocycles. The largest absolute Gasteiger partial charge is 0.281 e. The van der Waals surface area contributed by atoms with Gasteiger partial charge in [-0.1, -0.05) is 0 Å². The van der Waals surface area contributed by atoms with Gasteiger partial charge in [0.05, 0.1) is 4.47 Å². The lowest BCUT2D eigenvalue weighted by atomic mass is 10.6. The van der Waals surface area contributed by atoms with Gasteiger partial charge in [0.15, 0.2) is 0 Å². The van der Waals surface area contributed by atoms with Gasteiger partial charge in [0.25, 0.3) is 5.56 Å². The molecule has 1 heterocycles. The number of hydrogen-bond donors (Lipinski definition) is 0. The summed E-state index contributed by atoms with van der Waals surface area (Å²) in [6.45, 7) is 2.49. The zero-order chi connectivity index (χ0) is 7.56. The van der Waals surface area contributed by atoms with Crippen LogP contribution in [0.15, 0.2) is 21.5 Å². The minimum Gasteiger partial charge on any atom is -0.267 e. The fourth-order valence-corrected chi connectivity index (χ4v) is 0.974. The summed E-state index contributed by atoms with van der Waals surface area (Å²) in [5.41, 5.74) is -0.0787. The Bertz CT molecular complexity index is 281. The predicted octanol–water partition coefficient (Wildman–Crippen LogP) is 1.03. The maximum Gasteiger partial charge on any atom is 0.281 e. The van der Waals surface area contributed by atoms with Crippen LogP contribution in [0.25, 0.3) is 0 Å². The minimum absolute atomic E-state index is 0.0787. The van der Waals surface area contributed by atoms with Crippen LogP contribution in [-0.2, 0) is 6.54 Å². The van der Waals surface area contributed by atoms with Gasteiger partial charge in [0.1, 0.15) is 0 Å². The molecule has 0 aliphatic rings. The molecule has 0 bridgehead atoms. The zero-order valence-corrected chi connectivity index (χ0v) is 7.13. The summed E-state index contributed by atoms with van der Waals surface area (Å²) >= 11 is 3.11. The topological polar surface area (TPSA) is 34.9 Å². The Labute approximate surface area is 66.8 Å². The van der Waals surface area contributed by atoms with Crippen LogP contribution in [0.2, 0.25) is 0 Å². The molecule has 0 radical (unpaired) electrons. The Morgan fingerprint density at radius 1 is 1.80 bits per heavy atom. The lowest BCUT2D eigenvalue weighted by Gasteiger charge is -1.97. The lowest BCUT2D eigenvalue weighted by molar-refractivity contribution is 0.612. The molecule has 0 aliphatic carbocycles. The van der Waals surface area contributed by atoms with Crippen LogP contribution in [0.3, 0.4) is 0 Å². The van der Waals surface area contributed by atoms with E-state index in [1.165, 1.54) is 4.68 Å². The Morgan fingerprint density at radius 3 is 3.00 bits per heavy atom. The third-order valence-corrected chi connectivity index (χ3v) is 1.77. The SMILES string of the molecule is CCn1nccc(Br)c1=O. The summed E-state index contributed by atoms with van der Waals surface area (Å²) in [5.74, 6) is 0. The van der Waals surface area contributed by atoms with Gasteiger partial charge in [-0.25, -0.2) is 4.68 Å². The van der Waals surface area contributed by atoms with Crippen LogP contribution in [0.1, 0.15) is 6.92 Å². The smallest absolute Gasteiger partial charge is 0.267 e. The maximum atomic E-state index is 11.1. The van der Waals surface area contributed by atoms with Crippen molar-refractivity contribution in [3.8, 4) is 0 Å². The van der Waals surface area contributed by atoms with Crippen molar-refractivity contribution >= 4 is 15.9 Å². The van der Waals surface area contributed by atoms with Gasteiger partial charge in [-0.2, -0.15) is 5.10 Å². The number of hydrogen-bond acceptors (Lipinski definition) is 2. The monoisotopic (exact) mass is 202 g/mol. The van der Waals surface area contributed by atoms with Crippen LogP contribution in [-0.4, -0.2) is 9.78 Å². The van der Waals surface area contributed by atoms with Crippen molar-refractivity contribution in [2.24, 2.45) is 0 Å². The van der Waals surface area contributed by atoms with Gasteiger partial charge in [0.2, 0.25) is 0 Å². The highest BCUT2D eigenvalue weighted by atomic mass is 79.9. The van der Waals surface area contributed by atoms with Crippen molar-refractivity contribution in [3.63, 3.8) is 0 Å². The second kappa shape index (κ2) is 2.96. The summed E-state index contributed by atoms with van der Waals surface area (Å²) in [5, 5.41) is 3.83. The molecule has 0 amide bonds. The van der Waals surface area contributed by atoms with E-state index in [-0.39, 0.29) is 5.56 Å². The Hall–Kier alpha value is -0.640. The normalized spacial score (nSPS) is 9.80. The standard InChI is InChI=1S/C6H7BrN2O/c1-2-9-6(10)5(7)3-4-8-9/h3-4H,2H2,1H3. The third kappa shape index (κ3) is 1.26. The molecule has 0 saturated heterocycles. The fraction of sp³-hybridized carbons (Fsp3) is 0.333. The Morgan fingerprint density at radius 2 is 2.50 bits per heavy atom. The van der Waals surface area contributed by atoms with Crippen molar-refractivity contribution in [1.29, 1.82) is 0 Å². The van der Waals surface area contributed by atoms with Crippen LogP contribution in [0.5, 0.6) is 0 Å². The molecule has 0 spiro atoms. The molecule has 0 fully saturated rings. The van der Waals surface area contributed by atoms with Gasteiger partial charge in [-0.3, -0.25) is 4.79 Å². The van der Waals surface area contributed by atoms with E-state index in [4.69, 9.17) is 0 Å². The van der Waals surface area contributed by atoms with E-state index in [0.29, 0.717) is 11.0 Å². The van der Waals surface area contributed by atoms with Gasteiger partial charge in [-0.05, 0) is 28.9 Å². The first kappa shape index (κ1) is 7.47. The molecule has 54 valence electrons. The lowest BCUT2D eigenvalue weighted by Crippen LogP contribution is -2.21. The molecule has 0 atom stereocenters. The average molecular weight is 203 g/mol. The first-order chi connectivity index (χ1) is 4.75. The Balaban J connectivity index is 3.28. The molecule has 10 heavy (non-hydrogen) atoms. The fourth-order valence-electron chi connectivity index (χ4n) is 0.652. The first-order valence-corrected chi connectivity index (χ1v) is 3.76. The molecule has 0 saturated carbocycles. The van der Waals surface area contributed by atoms with E-state index in [9.17, 15) is 4.79 Å². The van der Waals surface area contributed by atoms with Crippen LogP contribution in [0, 0.1) is 0 Å². The van der Waals surface area contributed by atoms with Crippen molar-refractivity contribution < 1.29 is 0 Å². The van der Waals surface area contributed by atoms with Crippen molar-refractivity contribution in [1.82, 2.24) is 9.78 Å². The molecule has 3 nitrogen and oxygen atoms in total. The highest BCUT2D eigenvalue weighted by Crippen LogP contribution is 1.97. The molecule has 1 rings (SSSR count). The highest BCUT2D eigenvalue weighted by Gasteiger charge is 1.96. The van der Waals surface area contributed by atoms with Gasteiger partial charge < -0.3 is 0 Å². The first-order valence-electron chi connectivity index (χ1n) is 2.97. The predicted molar refractivity (Wildman–Crippen MR) is 41.9 cm³/mol. The van der Waals surface area contributed by atoms with Crippen LogP contribution >= 0.6 is 15.9 Å². The number of halogens is 1. The third-order valence-electron chi connectivity index (χ3n) is 1.17. The minimum atomic E-state index is -0.0787. The highest BCUT2D eigenvalue weighted by molar-refractivity contribution is 9.10. The molecule has 1 aromatic heterocycles. The average Bonchev–Trinajstić information content (AvgIpc) is 1.95. The van der Waals surface area contributed by atoms with E-state index >= 15 is 0 Å². The summed E-state index contributed by atoms with van der Waals surface area (Å²) in [6.07, 6.45) is 1.59. The van der Waals surface area contributed by atoms with Gasteiger partial charge >= 0.3 is 0 Å². The second-order valence-corrected chi connectivity index (χ2v) is 2.65. The molecular weight excluding hydrogens is 196 g/mol. The Kier molecular flexibility index (Phi) is 2.21. The summed E-state index contributed by atoms with van der Waals surface area (Å²) in [4.78, 5) is 11.1. The molecular formula is C6H7BrN2O. The number of rotatable bonds is 1. The van der Waals surface area contributed by atoms with Crippen LogP contribution in [0.4, 0.5) is 0 Å². The summed E-state index contributed by atoms with van der Waals surface area (Å²) < 4.78 is 1.95. The molecule has 0 N–H and O–H groups in total. The molecule has 1 aromatic rings. The molecule has 0 unspecified atom stereocenters. The molecule has 0 aromatic carbocycles. The van der Waals surface area contributed by atoms with E-state index in [1.54, 1.807) is 12.3 Å². The quantitative estimate of drug-likeness (QED) is 0.683. The van der Waals surface area contributed by atoms with E-state index in [1.807, 2.05) is 6.92 Å². The number of aryl methyl sites for hydroxylation is 1. The summed E-state index contributed by atoms with van der Waals surface area (Å²) in [6, 6.07) is 1.63. The van der Waals surface area contributed by atoms with Crippen molar-refractivity contribution in [3.05, 3.63) is 27.1 Å². The zero-order valence-electron chi connectivity index (χ0n) is 5.54. The molecule has 4 heteroatoms. The van der Waals surface area contributed by atoms with E-state index in [0.717, 1.165) is 0 Å². The maximum absolute atomic E-state index is 11.1. The number of aromatic nitrogens is 2. The summed E-state index contributed by atoms with van der Waals surface area (Å²) in [7, 11) is 0. The van der Waals surface area contributed by atoms with Crippen molar-refractivity contribution in [2.45, 2.75) is 13.5 Å². The van der Waals surface area contributed by atoms with Crippen molar-refractivity contribution in [2.75, 3.05) is 0 Å². The van der Waals surface area contributed by atoms with Gasteiger partial charge in [0, 0.05) is 12.7 Å². The number of nitrogens with zero attached hydrogens (tertiary/aromatic N) is 2. The van der Waals surface area contributed by atoms with E-state index in [2.05, 4.69) is 21.0 Å². The van der Waals surface area contributed by atoms with E-state index < -0.39 is 0 Å². The second-order valence-electron chi connectivity index (χ2n) is 1.80.